The molecule has 1 heterocycles. The van der Waals surface area contributed by atoms with Crippen molar-refractivity contribution < 1.29 is 14.3 Å². The highest BCUT2D eigenvalue weighted by Gasteiger charge is 2.15. The van der Waals surface area contributed by atoms with Crippen LogP contribution in [0.3, 0.4) is 0 Å². The first-order valence-corrected chi connectivity index (χ1v) is 7.51. The van der Waals surface area contributed by atoms with Crippen molar-refractivity contribution in [2.24, 2.45) is 5.73 Å². The Hall–Kier alpha value is -1.40. The average molecular weight is 282 g/mol. The number of nitrogens with one attached hydrogen (secondary N) is 1. The zero-order valence-electron chi connectivity index (χ0n) is 10.8. The third kappa shape index (κ3) is 3.78. The number of hydrogen-bond donors (Lipinski definition) is 2. The molecule has 2 rings (SSSR count). The second-order valence-electron chi connectivity index (χ2n) is 4.29. The largest absolute Gasteiger partial charge is 0.454 e. The van der Waals surface area contributed by atoms with Crippen LogP contribution in [0.2, 0.25) is 0 Å². The molecule has 1 aliphatic heterocycles. The lowest BCUT2D eigenvalue weighted by molar-refractivity contribution is -0.122. The van der Waals surface area contributed by atoms with Gasteiger partial charge >= 0.3 is 0 Å². The summed E-state index contributed by atoms with van der Waals surface area (Å²) in [7, 11) is 0. The molecule has 0 unspecified atom stereocenters. The molecule has 1 atom stereocenters. The summed E-state index contributed by atoms with van der Waals surface area (Å²) in [6, 6.07) is 5.18. The summed E-state index contributed by atoms with van der Waals surface area (Å²) in [5, 5.41) is 2.83. The van der Waals surface area contributed by atoms with Crippen molar-refractivity contribution in [1.82, 2.24) is 5.32 Å². The van der Waals surface area contributed by atoms with Crippen LogP contribution in [0.4, 0.5) is 0 Å². The number of thioether (sulfide) groups is 1. The summed E-state index contributed by atoms with van der Waals surface area (Å²) in [5.41, 5.74) is 6.75. The van der Waals surface area contributed by atoms with E-state index >= 15 is 0 Å². The molecule has 0 bridgehead atoms. The predicted octanol–water partition coefficient (Wildman–Crippen LogP) is 1.11. The molecule has 6 heteroatoms. The Balaban J connectivity index is 1.83. The van der Waals surface area contributed by atoms with Crippen LogP contribution in [-0.2, 0) is 11.3 Å². The molecule has 0 spiro atoms. The zero-order valence-corrected chi connectivity index (χ0v) is 11.7. The maximum Gasteiger partial charge on any atom is 0.237 e. The topological polar surface area (TPSA) is 73.6 Å². The van der Waals surface area contributed by atoms with E-state index in [-0.39, 0.29) is 12.7 Å². The number of amides is 1. The van der Waals surface area contributed by atoms with E-state index < -0.39 is 6.04 Å². The van der Waals surface area contributed by atoms with Gasteiger partial charge in [0.1, 0.15) is 0 Å². The van der Waals surface area contributed by atoms with Crippen LogP contribution in [0.5, 0.6) is 11.5 Å². The third-order valence-electron chi connectivity index (χ3n) is 2.87. The van der Waals surface area contributed by atoms with Crippen molar-refractivity contribution in [3.63, 3.8) is 0 Å². The van der Waals surface area contributed by atoms with E-state index in [0.29, 0.717) is 13.0 Å². The number of ether oxygens (including phenoxy) is 2. The summed E-state index contributed by atoms with van der Waals surface area (Å²) < 4.78 is 10.5. The van der Waals surface area contributed by atoms with E-state index in [0.717, 1.165) is 22.8 Å². The number of carbonyl (C=O) groups is 1. The Morgan fingerprint density at radius 3 is 3.05 bits per heavy atom. The minimum Gasteiger partial charge on any atom is -0.454 e. The lowest BCUT2D eigenvalue weighted by Gasteiger charge is -2.11. The van der Waals surface area contributed by atoms with Crippen molar-refractivity contribution in [2.45, 2.75) is 19.0 Å². The second-order valence-corrected chi connectivity index (χ2v) is 5.28. The van der Waals surface area contributed by atoms with Crippen LogP contribution in [0, 0.1) is 0 Å². The van der Waals surface area contributed by atoms with Crippen molar-refractivity contribution >= 4 is 17.7 Å². The fourth-order valence-corrected chi connectivity index (χ4v) is 2.24. The molecular formula is C13H18N2O3S. The summed E-state index contributed by atoms with van der Waals surface area (Å²) >= 11 is 1.68. The molecule has 0 fully saturated rings. The predicted molar refractivity (Wildman–Crippen MR) is 75.4 cm³/mol. The van der Waals surface area contributed by atoms with Gasteiger partial charge in [0.15, 0.2) is 11.5 Å². The van der Waals surface area contributed by atoms with Gasteiger partial charge in [-0.1, -0.05) is 6.07 Å². The van der Waals surface area contributed by atoms with Crippen LogP contribution in [0.1, 0.15) is 12.0 Å². The highest BCUT2D eigenvalue weighted by Crippen LogP contribution is 2.32. The number of hydrogen-bond acceptors (Lipinski definition) is 5. The van der Waals surface area contributed by atoms with Crippen molar-refractivity contribution in [3.8, 4) is 11.5 Å². The highest BCUT2D eigenvalue weighted by molar-refractivity contribution is 7.98. The summed E-state index contributed by atoms with van der Waals surface area (Å²) in [6.07, 6.45) is 2.69. The Bertz CT molecular complexity index is 454. The van der Waals surface area contributed by atoms with E-state index in [4.69, 9.17) is 15.2 Å². The van der Waals surface area contributed by atoms with Crippen molar-refractivity contribution in [3.05, 3.63) is 23.8 Å². The van der Waals surface area contributed by atoms with Gasteiger partial charge in [-0.15, -0.1) is 0 Å². The van der Waals surface area contributed by atoms with Crippen LogP contribution in [0.25, 0.3) is 0 Å². The van der Waals surface area contributed by atoms with Crippen molar-refractivity contribution in [2.75, 3.05) is 18.8 Å². The summed E-state index contributed by atoms with van der Waals surface area (Å²) in [4.78, 5) is 11.8. The first-order chi connectivity index (χ1) is 9.20. The molecule has 0 radical (unpaired) electrons. The molecule has 5 nitrogen and oxygen atoms in total. The van der Waals surface area contributed by atoms with Gasteiger partial charge in [0, 0.05) is 6.54 Å². The van der Waals surface area contributed by atoms with Gasteiger partial charge in [-0.2, -0.15) is 11.8 Å². The van der Waals surface area contributed by atoms with Gasteiger partial charge in [-0.3, -0.25) is 4.79 Å². The number of rotatable bonds is 6. The lowest BCUT2D eigenvalue weighted by Crippen LogP contribution is -2.40. The molecule has 3 N–H and O–H groups in total. The van der Waals surface area contributed by atoms with E-state index in [2.05, 4.69) is 5.32 Å². The molecule has 104 valence electrons. The van der Waals surface area contributed by atoms with E-state index in [1.807, 2.05) is 24.5 Å². The minimum absolute atomic E-state index is 0.119. The highest BCUT2D eigenvalue weighted by atomic mass is 32.2. The van der Waals surface area contributed by atoms with E-state index in [9.17, 15) is 4.79 Å². The number of benzene rings is 1. The standard InChI is InChI=1S/C13H18N2O3S/c1-19-5-4-10(14)13(16)15-7-9-2-3-11-12(6-9)18-8-17-11/h2-3,6,10H,4-5,7-8,14H2,1H3,(H,15,16)/t10-/m1/s1. The quantitative estimate of drug-likeness (QED) is 0.817. The smallest absolute Gasteiger partial charge is 0.237 e. The molecule has 1 amide bonds. The number of nitrogens with two attached hydrogens (primary N) is 1. The molecule has 19 heavy (non-hydrogen) atoms. The van der Waals surface area contributed by atoms with Crippen LogP contribution >= 0.6 is 11.8 Å². The Labute approximate surface area is 116 Å². The van der Waals surface area contributed by atoms with E-state index in [1.165, 1.54) is 0 Å². The zero-order chi connectivity index (χ0) is 13.7. The molecule has 0 aromatic heterocycles. The molecule has 0 aliphatic carbocycles. The Morgan fingerprint density at radius 1 is 1.47 bits per heavy atom. The second kappa shape index (κ2) is 6.68. The monoisotopic (exact) mass is 282 g/mol. The molecule has 1 aromatic carbocycles. The van der Waals surface area contributed by atoms with Gasteiger partial charge in [0.2, 0.25) is 12.7 Å². The van der Waals surface area contributed by atoms with Crippen molar-refractivity contribution in [1.29, 1.82) is 0 Å². The van der Waals surface area contributed by atoms with Crippen LogP contribution in [-0.4, -0.2) is 30.8 Å². The Kier molecular flexibility index (Phi) is 4.93. The maximum atomic E-state index is 11.8. The van der Waals surface area contributed by atoms with Crippen LogP contribution < -0.4 is 20.5 Å². The summed E-state index contributed by atoms with van der Waals surface area (Å²) in [5.74, 6) is 2.23. The minimum atomic E-state index is -0.443. The first kappa shape index (κ1) is 14.0. The fourth-order valence-electron chi connectivity index (χ4n) is 1.75. The van der Waals surface area contributed by atoms with Gasteiger partial charge in [-0.25, -0.2) is 0 Å². The molecular weight excluding hydrogens is 264 g/mol. The molecule has 1 aliphatic rings. The summed E-state index contributed by atoms with van der Waals surface area (Å²) in [6.45, 7) is 0.702. The van der Waals surface area contributed by atoms with Gasteiger partial charge in [0.05, 0.1) is 6.04 Å². The number of carbonyl (C=O) groups excluding carboxylic acids is 1. The van der Waals surface area contributed by atoms with Gasteiger partial charge in [0.25, 0.3) is 0 Å². The third-order valence-corrected chi connectivity index (χ3v) is 3.52. The molecule has 0 saturated heterocycles. The molecule has 1 aromatic rings. The lowest BCUT2D eigenvalue weighted by atomic mass is 10.2. The van der Waals surface area contributed by atoms with Gasteiger partial charge in [-0.05, 0) is 36.1 Å². The van der Waals surface area contributed by atoms with Crippen LogP contribution in [0.15, 0.2) is 18.2 Å². The molecule has 0 saturated carbocycles. The number of fused-ring (bicyclic) bond motifs is 1. The normalized spacial score (nSPS) is 14.2. The first-order valence-electron chi connectivity index (χ1n) is 6.11. The average Bonchev–Trinajstić information content (AvgIpc) is 2.89. The SMILES string of the molecule is CSCC[C@@H](N)C(=O)NCc1ccc2c(c1)OCO2. The van der Waals surface area contributed by atoms with E-state index in [1.54, 1.807) is 11.8 Å². The van der Waals surface area contributed by atoms with Gasteiger partial charge < -0.3 is 20.5 Å². The fraction of sp³-hybridized carbons (Fsp3) is 0.462. The Morgan fingerprint density at radius 2 is 2.26 bits per heavy atom. The maximum absolute atomic E-state index is 11.8.